The number of rotatable bonds is 4. The summed E-state index contributed by atoms with van der Waals surface area (Å²) in [7, 11) is 0. The Morgan fingerprint density at radius 3 is 2.68 bits per heavy atom. The fraction of sp³-hybridized carbons (Fsp3) is 0.176. The minimum Gasteiger partial charge on any atom is -0.322 e. The number of aryl methyl sites for hydroxylation is 2. The standard InChI is InChI=1S/C17H15N3O4S/c1-3-19-14-7-5-12(9-15(14)25-17(19)22)18-16(21)11-4-6-13(20(23)24)10(2)8-11/h4-9H,3H2,1-2H3,(H,18,21). The van der Waals surface area contributed by atoms with Gasteiger partial charge in [0.2, 0.25) is 0 Å². The number of nitrogens with zero attached hydrogens (tertiary/aromatic N) is 2. The van der Waals surface area contributed by atoms with Crippen molar-refractivity contribution in [3.05, 3.63) is 67.3 Å². The highest BCUT2D eigenvalue weighted by Gasteiger charge is 2.14. The first-order valence-corrected chi connectivity index (χ1v) is 8.42. The number of hydrogen-bond acceptors (Lipinski definition) is 5. The van der Waals surface area contributed by atoms with E-state index in [2.05, 4.69) is 5.32 Å². The third kappa shape index (κ3) is 3.16. The van der Waals surface area contributed by atoms with Crippen LogP contribution in [-0.2, 0) is 6.54 Å². The molecule has 0 unspecified atom stereocenters. The van der Waals surface area contributed by atoms with Gasteiger partial charge in [-0.2, -0.15) is 0 Å². The number of benzene rings is 2. The summed E-state index contributed by atoms with van der Waals surface area (Å²) in [6.07, 6.45) is 0. The Morgan fingerprint density at radius 2 is 2.04 bits per heavy atom. The maximum Gasteiger partial charge on any atom is 0.308 e. The molecule has 3 aromatic rings. The Balaban J connectivity index is 1.88. The average molecular weight is 357 g/mol. The number of thiazole rings is 1. The molecule has 0 atom stereocenters. The van der Waals surface area contributed by atoms with Crippen molar-refractivity contribution in [2.24, 2.45) is 0 Å². The lowest BCUT2D eigenvalue weighted by Crippen LogP contribution is -2.12. The highest BCUT2D eigenvalue weighted by atomic mass is 32.1. The minimum absolute atomic E-state index is 0.0244. The van der Waals surface area contributed by atoms with Gasteiger partial charge in [-0.1, -0.05) is 11.3 Å². The van der Waals surface area contributed by atoms with Crippen LogP contribution in [0.2, 0.25) is 0 Å². The van der Waals surface area contributed by atoms with E-state index in [0.29, 0.717) is 23.4 Å². The fourth-order valence-electron chi connectivity index (χ4n) is 2.65. The Bertz CT molecular complexity index is 1050. The SMILES string of the molecule is CCn1c(=O)sc2cc(NC(=O)c3ccc([N+](=O)[O-])c(C)c3)ccc21. The normalized spacial score (nSPS) is 10.8. The number of aromatic nitrogens is 1. The average Bonchev–Trinajstić information content (AvgIpc) is 2.88. The van der Waals surface area contributed by atoms with Gasteiger partial charge in [0.25, 0.3) is 11.6 Å². The predicted octanol–water partition coefficient (Wildman–Crippen LogP) is 3.55. The smallest absolute Gasteiger partial charge is 0.308 e. The number of carbonyl (C=O) groups excluding carboxylic acids is 1. The van der Waals surface area contributed by atoms with Gasteiger partial charge in [0.05, 0.1) is 15.1 Å². The van der Waals surface area contributed by atoms with Crippen molar-refractivity contribution in [1.29, 1.82) is 0 Å². The molecule has 1 N–H and O–H groups in total. The second-order valence-electron chi connectivity index (χ2n) is 5.51. The van der Waals surface area contributed by atoms with Crippen molar-refractivity contribution >= 4 is 38.8 Å². The first-order chi connectivity index (χ1) is 11.9. The molecule has 7 nitrogen and oxygen atoms in total. The molecular formula is C17H15N3O4S. The molecule has 1 amide bonds. The van der Waals surface area contributed by atoms with Gasteiger partial charge in [-0.15, -0.1) is 0 Å². The van der Waals surface area contributed by atoms with Gasteiger partial charge in [0.1, 0.15) is 0 Å². The Hall–Kier alpha value is -3.00. The van der Waals surface area contributed by atoms with Crippen LogP contribution in [-0.4, -0.2) is 15.4 Å². The van der Waals surface area contributed by atoms with Crippen LogP contribution in [0.15, 0.2) is 41.2 Å². The van der Waals surface area contributed by atoms with Gasteiger partial charge in [0.15, 0.2) is 0 Å². The van der Waals surface area contributed by atoms with Gasteiger partial charge in [-0.05, 0) is 44.2 Å². The molecule has 8 heteroatoms. The minimum atomic E-state index is -0.481. The van der Waals surface area contributed by atoms with Gasteiger partial charge in [-0.25, -0.2) is 0 Å². The largest absolute Gasteiger partial charge is 0.322 e. The molecule has 0 aliphatic heterocycles. The van der Waals surface area contributed by atoms with Crippen LogP contribution in [0, 0.1) is 17.0 Å². The van der Waals surface area contributed by atoms with Crippen LogP contribution < -0.4 is 10.2 Å². The third-order valence-corrected chi connectivity index (χ3v) is 4.84. The third-order valence-electron chi connectivity index (χ3n) is 3.90. The van der Waals surface area contributed by atoms with Crippen LogP contribution in [0.25, 0.3) is 10.2 Å². The topological polar surface area (TPSA) is 94.2 Å². The molecule has 0 radical (unpaired) electrons. The van der Waals surface area contributed by atoms with Crippen molar-refractivity contribution in [2.45, 2.75) is 20.4 Å². The summed E-state index contributed by atoms with van der Waals surface area (Å²) in [6, 6.07) is 9.51. The second-order valence-corrected chi connectivity index (χ2v) is 6.50. The summed E-state index contributed by atoms with van der Waals surface area (Å²) in [6.45, 7) is 4.08. The van der Waals surface area contributed by atoms with E-state index >= 15 is 0 Å². The predicted molar refractivity (Wildman–Crippen MR) is 97.5 cm³/mol. The van der Waals surface area contributed by atoms with Crippen molar-refractivity contribution < 1.29 is 9.72 Å². The van der Waals surface area contributed by atoms with E-state index in [0.717, 1.165) is 21.6 Å². The number of amides is 1. The molecule has 0 aliphatic carbocycles. The monoisotopic (exact) mass is 357 g/mol. The van der Waals surface area contributed by atoms with E-state index in [4.69, 9.17) is 0 Å². The summed E-state index contributed by atoms with van der Waals surface area (Å²) >= 11 is 1.13. The summed E-state index contributed by atoms with van der Waals surface area (Å²) in [5, 5.41) is 13.6. The summed E-state index contributed by atoms with van der Waals surface area (Å²) in [5.74, 6) is -0.361. The van der Waals surface area contributed by atoms with Crippen LogP contribution in [0.5, 0.6) is 0 Å². The Kier molecular flexibility index (Phi) is 4.37. The van der Waals surface area contributed by atoms with Gasteiger partial charge < -0.3 is 5.32 Å². The van der Waals surface area contributed by atoms with E-state index < -0.39 is 4.92 Å². The fourth-order valence-corrected chi connectivity index (χ4v) is 3.64. The van der Waals surface area contributed by atoms with Crippen molar-refractivity contribution in [1.82, 2.24) is 4.57 Å². The molecule has 3 rings (SSSR count). The number of anilines is 1. The van der Waals surface area contributed by atoms with Gasteiger partial charge >= 0.3 is 4.87 Å². The summed E-state index contributed by atoms with van der Waals surface area (Å²) in [4.78, 5) is 34.6. The molecular weight excluding hydrogens is 342 g/mol. The number of nitro benzene ring substituents is 1. The first-order valence-electron chi connectivity index (χ1n) is 7.60. The lowest BCUT2D eigenvalue weighted by molar-refractivity contribution is -0.385. The summed E-state index contributed by atoms with van der Waals surface area (Å²) < 4.78 is 2.47. The number of carbonyl (C=O) groups is 1. The van der Waals surface area contributed by atoms with E-state index in [1.54, 1.807) is 29.7 Å². The number of nitrogens with one attached hydrogen (secondary N) is 1. The molecule has 0 saturated carbocycles. The van der Waals surface area contributed by atoms with Crippen LogP contribution >= 0.6 is 11.3 Å². The van der Waals surface area contributed by atoms with Crippen LogP contribution in [0.1, 0.15) is 22.8 Å². The second kappa shape index (κ2) is 6.48. The van der Waals surface area contributed by atoms with Crippen molar-refractivity contribution in [2.75, 3.05) is 5.32 Å². The van der Waals surface area contributed by atoms with Crippen LogP contribution in [0.3, 0.4) is 0 Å². The Morgan fingerprint density at radius 1 is 1.28 bits per heavy atom. The lowest BCUT2D eigenvalue weighted by Gasteiger charge is -2.07. The number of hydrogen-bond donors (Lipinski definition) is 1. The van der Waals surface area contributed by atoms with Gasteiger partial charge in [0, 0.05) is 29.4 Å². The highest BCUT2D eigenvalue weighted by Crippen LogP contribution is 2.23. The zero-order chi connectivity index (χ0) is 18.1. The zero-order valence-corrected chi connectivity index (χ0v) is 14.4. The maximum atomic E-state index is 12.4. The molecule has 25 heavy (non-hydrogen) atoms. The number of fused-ring (bicyclic) bond motifs is 1. The van der Waals surface area contributed by atoms with Crippen LogP contribution in [0.4, 0.5) is 11.4 Å². The molecule has 1 heterocycles. The molecule has 0 bridgehead atoms. The molecule has 2 aromatic carbocycles. The van der Waals surface area contributed by atoms with E-state index in [9.17, 15) is 19.7 Å². The van der Waals surface area contributed by atoms with E-state index in [1.165, 1.54) is 18.2 Å². The zero-order valence-electron chi connectivity index (χ0n) is 13.6. The quantitative estimate of drug-likeness (QED) is 0.571. The molecule has 0 spiro atoms. The Labute approximate surface area is 146 Å². The van der Waals surface area contributed by atoms with Gasteiger partial charge in [-0.3, -0.25) is 24.3 Å². The van der Waals surface area contributed by atoms with E-state index in [1.807, 2.05) is 6.92 Å². The lowest BCUT2D eigenvalue weighted by atomic mass is 10.1. The van der Waals surface area contributed by atoms with Crippen molar-refractivity contribution in [3.63, 3.8) is 0 Å². The molecule has 128 valence electrons. The van der Waals surface area contributed by atoms with E-state index in [-0.39, 0.29) is 16.5 Å². The molecule has 0 aliphatic rings. The summed E-state index contributed by atoms with van der Waals surface area (Å²) in [5.41, 5.74) is 2.14. The van der Waals surface area contributed by atoms with Crippen molar-refractivity contribution in [3.8, 4) is 0 Å². The first kappa shape index (κ1) is 16.8. The maximum absolute atomic E-state index is 12.4. The highest BCUT2D eigenvalue weighted by molar-refractivity contribution is 7.16. The molecule has 0 saturated heterocycles. The molecule has 0 fully saturated rings. The molecule has 1 aromatic heterocycles. The number of nitro groups is 1.